The number of nitriles is 1. The van der Waals surface area contributed by atoms with Gasteiger partial charge in [0.25, 0.3) is 0 Å². The summed E-state index contributed by atoms with van der Waals surface area (Å²) in [5, 5.41) is 13.9. The lowest BCUT2D eigenvalue weighted by Gasteiger charge is -2.30. The quantitative estimate of drug-likeness (QED) is 0.660. The van der Waals surface area contributed by atoms with Crippen molar-refractivity contribution >= 4 is 6.09 Å². The maximum absolute atomic E-state index is 13.2. The zero-order valence-electron chi connectivity index (χ0n) is 18.0. The molecule has 2 aromatic rings. The number of rotatable bonds is 3. The van der Waals surface area contributed by atoms with E-state index in [2.05, 4.69) is 5.10 Å². The number of hydrogen-bond acceptors (Lipinski definition) is 5. The molecule has 10 heteroatoms. The number of alkyl halides is 3. The van der Waals surface area contributed by atoms with Crippen molar-refractivity contribution in [2.75, 3.05) is 13.2 Å². The molecule has 0 N–H and O–H groups in total. The molecule has 0 radical (unpaired) electrons. The molecule has 1 saturated heterocycles. The summed E-state index contributed by atoms with van der Waals surface area (Å²) in [6.07, 6.45) is -4.50. The van der Waals surface area contributed by atoms with Gasteiger partial charge in [0.05, 0.1) is 42.6 Å². The average Bonchev–Trinajstić information content (AvgIpc) is 3.45. The fourth-order valence-corrected chi connectivity index (χ4v) is 3.75. The molecule has 0 spiro atoms. The van der Waals surface area contributed by atoms with Gasteiger partial charge in [-0.3, -0.25) is 4.68 Å². The van der Waals surface area contributed by atoms with Gasteiger partial charge in [0.15, 0.2) is 0 Å². The van der Waals surface area contributed by atoms with Crippen LogP contribution in [-0.4, -0.2) is 45.6 Å². The number of fused-ring (bicyclic) bond motifs is 1. The highest BCUT2D eigenvalue weighted by Gasteiger charge is 2.35. The molecule has 1 fully saturated rings. The van der Waals surface area contributed by atoms with Crippen LogP contribution in [-0.2, 0) is 35.2 Å². The number of halogens is 3. The van der Waals surface area contributed by atoms with E-state index in [9.17, 15) is 23.2 Å². The van der Waals surface area contributed by atoms with Crippen molar-refractivity contribution in [2.45, 2.75) is 58.2 Å². The summed E-state index contributed by atoms with van der Waals surface area (Å²) in [6, 6.07) is 5.06. The van der Waals surface area contributed by atoms with Crippen LogP contribution in [0.2, 0.25) is 0 Å². The average molecular weight is 448 g/mol. The highest BCUT2D eigenvalue weighted by molar-refractivity contribution is 5.71. The molecule has 0 saturated carbocycles. The van der Waals surface area contributed by atoms with E-state index < -0.39 is 29.0 Å². The zero-order chi connectivity index (χ0) is 23.3. The Labute approximate surface area is 183 Å². The van der Waals surface area contributed by atoms with Crippen molar-refractivity contribution in [1.29, 1.82) is 5.26 Å². The summed E-state index contributed by atoms with van der Waals surface area (Å²) >= 11 is 0. The van der Waals surface area contributed by atoms with Gasteiger partial charge in [-0.15, -0.1) is 0 Å². The second-order valence-electron chi connectivity index (χ2n) is 8.93. The molecule has 32 heavy (non-hydrogen) atoms. The van der Waals surface area contributed by atoms with E-state index in [-0.39, 0.29) is 12.6 Å². The minimum Gasteiger partial charge on any atom is -0.444 e. The van der Waals surface area contributed by atoms with Crippen molar-refractivity contribution < 1.29 is 27.4 Å². The minimum atomic E-state index is -4.63. The van der Waals surface area contributed by atoms with Crippen molar-refractivity contribution in [3.05, 3.63) is 40.6 Å². The molecular formula is C22H23F3N4O3. The van der Waals surface area contributed by atoms with Gasteiger partial charge < -0.3 is 14.4 Å². The second-order valence-corrected chi connectivity index (χ2v) is 8.93. The highest BCUT2D eigenvalue weighted by Crippen LogP contribution is 2.36. The molecule has 2 aliphatic rings. The molecule has 1 atom stereocenters. The predicted octanol–water partition coefficient (Wildman–Crippen LogP) is 4.13. The first-order valence-corrected chi connectivity index (χ1v) is 10.3. The molecule has 1 aromatic carbocycles. The second kappa shape index (κ2) is 7.81. The third-order valence-electron chi connectivity index (χ3n) is 5.28. The first-order valence-electron chi connectivity index (χ1n) is 10.3. The first kappa shape index (κ1) is 22.1. The Hall–Kier alpha value is -3.06. The van der Waals surface area contributed by atoms with Crippen LogP contribution >= 0.6 is 0 Å². The van der Waals surface area contributed by atoms with E-state index in [0.717, 1.165) is 17.3 Å². The van der Waals surface area contributed by atoms with Crippen molar-refractivity contribution in [2.24, 2.45) is 0 Å². The third kappa shape index (κ3) is 4.58. The van der Waals surface area contributed by atoms with Crippen molar-refractivity contribution in [1.82, 2.24) is 14.7 Å². The monoisotopic (exact) mass is 448 g/mol. The lowest BCUT2D eigenvalue weighted by molar-refractivity contribution is -0.137. The Morgan fingerprint density at radius 3 is 2.66 bits per heavy atom. The van der Waals surface area contributed by atoms with Crippen LogP contribution in [0, 0.1) is 11.3 Å². The summed E-state index contributed by atoms with van der Waals surface area (Å²) in [5.41, 5.74) is 0.400. The molecule has 1 unspecified atom stereocenters. The van der Waals surface area contributed by atoms with Crippen LogP contribution < -0.4 is 0 Å². The lowest BCUT2D eigenvalue weighted by Crippen LogP contribution is -2.40. The van der Waals surface area contributed by atoms with Crippen LogP contribution in [0.3, 0.4) is 0 Å². The number of carbonyl (C=O) groups excluding carboxylic acids is 1. The number of hydrogen-bond donors (Lipinski definition) is 0. The number of amides is 1. The Morgan fingerprint density at radius 1 is 1.34 bits per heavy atom. The lowest BCUT2D eigenvalue weighted by atomic mass is 9.97. The van der Waals surface area contributed by atoms with Gasteiger partial charge in [0, 0.05) is 29.8 Å². The largest absolute Gasteiger partial charge is 0.444 e. The molecule has 3 heterocycles. The predicted molar refractivity (Wildman–Crippen MR) is 107 cm³/mol. The van der Waals surface area contributed by atoms with Gasteiger partial charge in [-0.05, 0) is 32.9 Å². The van der Waals surface area contributed by atoms with Gasteiger partial charge in [0.1, 0.15) is 11.7 Å². The Balaban J connectivity index is 1.73. The molecule has 7 nitrogen and oxygen atoms in total. The summed E-state index contributed by atoms with van der Waals surface area (Å²) in [7, 11) is 0. The molecule has 4 rings (SSSR count). The van der Waals surface area contributed by atoms with E-state index >= 15 is 0 Å². The van der Waals surface area contributed by atoms with Crippen LogP contribution in [0.25, 0.3) is 11.3 Å². The molecule has 0 aliphatic carbocycles. The van der Waals surface area contributed by atoms with E-state index in [1.54, 1.807) is 36.4 Å². The third-order valence-corrected chi connectivity index (χ3v) is 5.28. The van der Waals surface area contributed by atoms with Crippen molar-refractivity contribution in [3.8, 4) is 17.3 Å². The Bertz CT molecular complexity index is 1090. The SMILES string of the molecule is CC(C)(C)OC(=O)N1CCc2c(c(-c3ccc(C(F)(F)F)c(C#N)c3)nn2CC2CO2)C1. The van der Waals surface area contributed by atoms with Gasteiger partial charge in [-0.1, -0.05) is 6.07 Å². The summed E-state index contributed by atoms with van der Waals surface area (Å²) in [5.74, 6) is 0. The molecule has 2 aliphatic heterocycles. The van der Waals surface area contributed by atoms with Crippen LogP contribution in [0.4, 0.5) is 18.0 Å². The normalized spacial score (nSPS) is 18.2. The van der Waals surface area contributed by atoms with Crippen molar-refractivity contribution in [3.63, 3.8) is 0 Å². The summed E-state index contributed by atoms with van der Waals surface area (Å²) in [4.78, 5) is 14.2. The van der Waals surface area contributed by atoms with E-state index in [4.69, 9.17) is 9.47 Å². The number of aromatic nitrogens is 2. The number of carbonyl (C=O) groups is 1. The molecular weight excluding hydrogens is 425 g/mol. The zero-order valence-corrected chi connectivity index (χ0v) is 18.0. The molecule has 1 aromatic heterocycles. The fraction of sp³-hybridized carbons (Fsp3) is 0.500. The van der Waals surface area contributed by atoms with E-state index in [0.29, 0.717) is 37.4 Å². The van der Waals surface area contributed by atoms with Gasteiger partial charge in [-0.25, -0.2) is 4.79 Å². The standard InChI is InChI=1S/C22H23F3N4O3/c1-21(2,3)32-20(30)28-7-6-18-16(11-28)19(27-29(18)10-15-12-31-15)13-4-5-17(22(23,24)25)14(8-13)9-26/h4-5,8,15H,6-7,10-12H2,1-3H3. The topological polar surface area (TPSA) is 83.7 Å². The van der Waals surface area contributed by atoms with Crippen LogP contribution in [0.1, 0.15) is 43.2 Å². The van der Waals surface area contributed by atoms with E-state index in [1.165, 1.54) is 12.1 Å². The fourth-order valence-electron chi connectivity index (χ4n) is 3.75. The number of ether oxygens (including phenoxy) is 2. The molecule has 0 bridgehead atoms. The molecule has 170 valence electrons. The summed E-state index contributed by atoms with van der Waals surface area (Å²) in [6.45, 7) is 7.16. The smallest absolute Gasteiger partial charge is 0.417 e. The maximum Gasteiger partial charge on any atom is 0.417 e. The minimum absolute atomic E-state index is 0.0537. The maximum atomic E-state index is 13.2. The first-order chi connectivity index (χ1) is 15.0. The van der Waals surface area contributed by atoms with Gasteiger partial charge >= 0.3 is 12.3 Å². The highest BCUT2D eigenvalue weighted by atomic mass is 19.4. The van der Waals surface area contributed by atoms with Crippen LogP contribution in [0.15, 0.2) is 18.2 Å². The number of nitrogens with zero attached hydrogens (tertiary/aromatic N) is 4. The molecule has 1 amide bonds. The number of benzene rings is 1. The Kier molecular flexibility index (Phi) is 5.41. The van der Waals surface area contributed by atoms with Gasteiger partial charge in [0.2, 0.25) is 0 Å². The summed E-state index contributed by atoms with van der Waals surface area (Å²) < 4.78 is 52.3. The van der Waals surface area contributed by atoms with Gasteiger partial charge in [-0.2, -0.15) is 23.5 Å². The number of epoxide rings is 1. The Morgan fingerprint density at radius 2 is 2.06 bits per heavy atom. The van der Waals surface area contributed by atoms with E-state index in [1.807, 2.05) is 0 Å². The van der Waals surface area contributed by atoms with Crippen LogP contribution in [0.5, 0.6) is 0 Å².